The third-order valence-electron chi connectivity index (χ3n) is 17.4. The van der Waals surface area contributed by atoms with Crippen molar-refractivity contribution in [3.63, 3.8) is 0 Å². The summed E-state index contributed by atoms with van der Waals surface area (Å²) >= 11 is 0. The SMILES string of the molecule is OC[C@H]1C[C@@H]2O[C@H]3[C@H](O)[C@@H](O)[C@@H](O[C@H]4[C@H](O)[C@@H](O)[C@@H](O[C@H]5[C@H](O)[C@@H](O)[C@@H](O[C@H]6[C@H](O)[C@@H](O)[C@@H](O[C@H]7[C@H](O)[C@@H](O)[C@@H](O[C@H]8[C@H](O)[C@@H](O)[C@@H](O[C@H]9[C@H](O)[C@@H](O)[C@@H](O[C@H]1[C@H](O)[C@H]2O)O[C@@H]9CO)O[C@@H]8CO)O[C@@H]7CO)O[C@@H]6CO)O[C@@H]5CO)O[C@@H]4CO)O[C@@H]3CO. The lowest BCUT2D eigenvalue weighted by atomic mass is 9.80. The van der Waals surface area contributed by atoms with Crippen LogP contribution in [0.25, 0.3) is 0 Å². The van der Waals surface area contributed by atoms with E-state index in [0.29, 0.717) is 0 Å². The Kier molecular flexibility index (Phi) is 24.1. The Balaban J connectivity index is 0.975. The first-order valence-corrected chi connectivity index (χ1v) is 28.5. The number of aliphatic hydroxyl groups excluding tert-OH is 24. The van der Waals surface area contributed by atoms with Gasteiger partial charge in [0.2, 0.25) is 0 Å². The molecule has 39 heteroatoms. The average molecular weight is 1300 g/mol. The van der Waals surface area contributed by atoms with Crippen LogP contribution in [0.2, 0.25) is 0 Å². The number of hydrogen-bond donors (Lipinski definition) is 24. The van der Waals surface area contributed by atoms with Crippen molar-refractivity contribution in [2.75, 3.05) is 52.9 Å². The predicted octanol–water partition coefficient (Wildman–Crippen LogP) is -16.7. The Bertz CT molecular complexity index is 1700. The molecule has 1 aliphatic carbocycles. The Morgan fingerprint density at radius 2 is 0.352 bits per heavy atom. The van der Waals surface area contributed by atoms with Gasteiger partial charge in [0.25, 0.3) is 0 Å². The highest BCUT2D eigenvalue weighted by atomic mass is 16.8. The number of rotatable bonds is 8. The number of aliphatic hydroxyl groups is 24. The summed E-state index contributed by atoms with van der Waals surface area (Å²) in [6, 6.07) is 0. The monoisotopic (exact) mass is 1290 g/mol. The van der Waals surface area contributed by atoms with Crippen LogP contribution in [0.4, 0.5) is 0 Å². The lowest BCUT2D eigenvalue weighted by Gasteiger charge is -2.50. The summed E-state index contributed by atoms with van der Waals surface area (Å²) in [5.41, 5.74) is 0. The molecule has 0 unspecified atom stereocenters. The largest absolute Gasteiger partial charge is 0.396 e. The van der Waals surface area contributed by atoms with E-state index in [0.717, 1.165) is 0 Å². The first kappa shape index (κ1) is 70.7. The molecule has 0 aromatic carbocycles. The molecule has 29 aliphatic heterocycles. The van der Waals surface area contributed by atoms with Gasteiger partial charge in [-0.15, -0.1) is 0 Å². The summed E-state index contributed by atoms with van der Waals surface area (Å²) in [4.78, 5) is 0. The predicted molar refractivity (Wildman–Crippen MR) is 264 cm³/mol. The van der Waals surface area contributed by atoms with E-state index in [-0.39, 0.29) is 0 Å². The van der Waals surface area contributed by atoms with E-state index in [4.69, 9.17) is 71.1 Å². The maximum Gasteiger partial charge on any atom is 0.187 e. The van der Waals surface area contributed by atoms with E-state index in [9.17, 15) is 123 Å². The summed E-state index contributed by atoms with van der Waals surface area (Å²) in [5.74, 6) is -1.27. The lowest BCUT2D eigenvalue weighted by Crippen LogP contribution is -2.68. The molecule has 88 heavy (non-hydrogen) atoms. The fourth-order valence-corrected chi connectivity index (χ4v) is 12.4. The first-order chi connectivity index (χ1) is 41.9. The molecular formula is C49H82O39. The molecule has 16 bridgehead atoms. The van der Waals surface area contributed by atoms with Crippen molar-refractivity contribution in [3.8, 4) is 0 Å². The maximum absolute atomic E-state index is 11.5. The fourth-order valence-electron chi connectivity index (χ4n) is 12.4. The van der Waals surface area contributed by atoms with Crippen LogP contribution < -0.4 is 0 Å². The smallest absolute Gasteiger partial charge is 0.187 e. The average Bonchev–Trinajstić information content (AvgIpc) is 1.09. The zero-order valence-electron chi connectivity index (χ0n) is 46.3. The van der Waals surface area contributed by atoms with Crippen molar-refractivity contribution in [2.45, 2.75) is 246 Å². The molecule has 29 saturated heterocycles. The minimum Gasteiger partial charge on any atom is -0.396 e. The van der Waals surface area contributed by atoms with Gasteiger partial charge in [-0.2, -0.15) is 0 Å². The summed E-state index contributed by atoms with van der Waals surface area (Å²) in [5, 5.41) is 266. The minimum atomic E-state index is -2.24. The zero-order chi connectivity index (χ0) is 64.1. The molecule has 0 amide bonds. The second-order valence-corrected chi connectivity index (χ2v) is 23.0. The zero-order valence-corrected chi connectivity index (χ0v) is 46.3. The van der Waals surface area contributed by atoms with E-state index < -0.39 is 305 Å². The highest BCUT2D eigenvalue weighted by molar-refractivity contribution is 5.03. The minimum absolute atomic E-state index is 0.464. The summed E-state index contributed by atoms with van der Waals surface area (Å²) in [7, 11) is 0. The molecule has 24 N–H and O–H groups in total. The molecule has 0 aromatic rings. The molecular weight excluding hydrogens is 1210 g/mol. The molecule has 512 valence electrons. The quantitative estimate of drug-likeness (QED) is 0.107. The van der Waals surface area contributed by atoms with Crippen LogP contribution in [0.5, 0.6) is 0 Å². The second-order valence-electron chi connectivity index (χ2n) is 23.0. The molecule has 1 saturated carbocycles. The van der Waals surface area contributed by atoms with Gasteiger partial charge in [-0.05, 0) is 6.42 Å². The van der Waals surface area contributed by atoms with Gasteiger partial charge < -0.3 is 194 Å². The van der Waals surface area contributed by atoms with Crippen LogP contribution in [0, 0.1) is 5.92 Å². The number of ether oxygens (including phenoxy) is 15. The highest BCUT2D eigenvalue weighted by Crippen LogP contribution is 2.40. The second kappa shape index (κ2) is 30.0. The molecule has 29 heterocycles. The number of hydrogen-bond acceptors (Lipinski definition) is 39. The fraction of sp³-hybridized carbons (Fsp3) is 1.00. The molecule has 30 aliphatic rings. The van der Waals surface area contributed by atoms with Crippen molar-refractivity contribution < 1.29 is 194 Å². The van der Waals surface area contributed by atoms with Crippen molar-refractivity contribution in [1.29, 1.82) is 0 Å². The standard InChI is InChI=1S/C49H82O39/c50-2-10-1-11-19(58)20(59)35(10)82-43-29(68)22(61)37(13(4-52)76-43)84-45-31(70)24(63)39(15(6-54)78-45)86-47-33(72)26(65)41(17(8-56)80-47)88-49-34(73)27(66)42(18(9-57)81-49)87-48-32(71)25(64)40(16(7-55)79-48)85-46-30(69)23(62)38(14(5-53)77-46)83-44-28(67)21(60)36(74-11)12(3-51)75-44/h10-73H,1-9H2/t10-,11+,12-,13-,14-,15-,16-,17-,18-,19+,20-,21-,22-,23-,24-,25-,26-,27-,28-,29-,30-,31-,32-,33-,34-,35-,36-,37-,38-,39-,40-,41-,42-,43-,44-,45-,46-,47-,48-,49-/m1/s1. The Morgan fingerprint density at radius 1 is 0.182 bits per heavy atom. The van der Waals surface area contributed by atoms with Gasteiger partial charge in [0, 0.05) is 12.5 Å². The highest BCUT2D eigenvalue weighted by Gasteiger charge is 2.60. The molecule has 40 atom stereocenters. The third-order valence-corrected chi connectivity index (χ3v) is 17.4. The Hall–Kier alpha value is -1.56. The summed E-state index contributed by atoms with van der Waals surface area (Å²) < 4.78 is 86.0. The first-order valence-electron chi connectivity index (χ1n) is 28.5. The van der Waals surface area contributed by atoms with Gasteiger partial charge in [0.15, 0.2) is 44.0 Å². The van der Waals surface area contributed by atoms with Gasteiger partial charge in [-0.25, -0.2) is 0 Å². The van der Waals surface area contributed by atoms with E-state index >= 15 is 0 Å². The van der Waals surface area contributed by atoms with Gasteiger partial charge in [0.1, 0.15) is 183 Å². The van der Waals surface area contributed by atoms with Crippen molar-refractivity contribution in [1.82, 2.24) is 0 Å². The third kappa shape index (κ3) is 13.8. The van der Waals surface area contributed by atoms with Crippen LogP contribution >= 0.6 is 0 Å². The lowest BCUT2D eigenvalue weighted by molar-refractivity contribution is -0.399. The van der Waals surface area contributed by atoms with Crippen LogP contribution in [0.3, 0.4) is 0 Å². The van der Waals surface area contributed by atoms with Gasteiger partial charge in [-0.1, -0.05) is 0 Å². The van der Waals surface area contributed by atoms with Crippen LogP contribution in [0.15, 0.2) is 0 Å². The normalized spacial score (nSPS) is 55.4. The molecule has 0 spiro atoms. The van der Waals surface area contributed by atoms with E-state index in [1.165, 1.54) is 0 Å². The summed E-state index contributed by atoms with van der Waals surface area (Å²) in [6.45, 7) is -8.28. The van der Waals surface area contributed by atoms with Crippen molar-refractivity contribution >= 4 is 0 Å². The van der Waals surface area contributed by atoms with Crippen molar-refractivity contribution in [2.24, 2.45) is 5.92 Å². The van der Waals surface area contributed by atoms with Gasteiger partial charge >= 0.3 is 0 Å². The summed E-state index contributed by atoms with van der Waals surface area (Å²) in [6.07, 6.45) is -78.7. The van der Waals surface area contributed by atoms with Gasteiger partial charge in [0.05, 0.1) is 58.5 Å². The molecule has 0 radical (unpaired) electrons. The molecule has 30 fully saturated rings. The van der Waals surface area contributed by atoms with Crippen LogP contribution in [-0.2, 0) is 71.1 Å². The van der Waals surface area contributed by atoms with E-state index in [1.807, 2.05) is 0 Å². The maximum atomic E-state index is 11.5. The van der Waals surface area contributed by atoms with Crippen molar-refractivity contribution in [3.05, 3.63) is 0 Å². The van der Waals surface area contributed by atoms with E-state index in [1.54, 1.807) is 0 Å². The van der Waals surface area contributed by atoms with Crippen LogP contribution in [-0.4, -0.2) is 415 Å². The Morgan fingerprint density at radius 3 is 0.534 bits per heavy atom. The Labute approximate surface area is 497 Å². The topological polar surface area (TPSA) is 624 Å². The van der Waals surface area contributed by atoms with Crippen LogP contribution in [0.1, 0.15) is 6.42 Å². The molecule has 30 rings (SSSR count). The molecule has 0 aromatic heterocycles. The van der Waals surface area contributed by atoms with Gasteiger partial charge in [-0.3, -0.25) is 0 Å². The molecule has 39 nitrogen and oxygen atoms in total. The van der Waals surface area contributed by atoms with E-state index in [2.05, 4.69) is 0 Å².